The van der Waals surface area contributed by atoms with Crippen molar-refractivity contribution in [3.63, 3.8) is 0 Å². The minimum atomic E-state index is -3.54. The predicted molar refractivity (Wildman–Crippen MR) is 115 cm³/mol. The van der Waals surface area contributed by atoms with Gasteiger partial charge in [0.05, 0.1) is 18.0 Å². The van der Waals surface area contributed by atoms with Gasteiger partial charge in [-0.05, 0) is 50.1 Å². The number of hydrogen-bond donors (Lipinski definition) is 1. The number of benzene rings is 2. The average Bonchev–Trinajstić information content (AvgIpc) is 2.74. The van der Waals surface area contributed by atoms with E-state index < -0.39 is 10.0 Å². The van der Waals surface area contributed by atoms with Crippen LogP contribution in [0.5, 0.6) is 5.75 Å². The zero-order chi connectivity index (χ0) is 21.0. The van der Waals surface area contributed by atoms with E-state index in [2.05, 4.69) is 21.2 Å². The van der Waals surface area contributed by atoms with E-state index in [0.717, 1.165) is 15.8 Å². The molecule has 1 aliphatic rings. The Hall–Kier alpha value is -1.90. The number of amides is 1. The van der Waals surface area contributed by atoms with Crippen molar-refractivity contribution in [3.8, 4) is 5.75 Å². The summed E-state index contributed by atoms with van der Waals surface area (Å²) in [6.07, 6.45) is 1.00. The highest BCUT2D eigenvalue weighted by Gasteiger charge is 2.32. The molecule has 1 heterocycles. The summed E-state index contributed by atoms with van der Waals surface area (Å²) in [6.45, 7) is 2.59. The van der Waals surface area contributed by atoms with E-state index in [1.807, 2.05) is 31.2 Å². The first-order valence-electron chi connectivity index (χ1n) is 9.52. The Bertz CT molecular complexity index is 955. The number of hydrogen-bond acceptors (Lipinski definition) is 4. The van der Waals surface area contributed by atoms with Crippen LogP contribution in [-0.2, 0) is 14.8 Å². The number of carbonyl (C=O) groups is 1. The van der Waals surface area contributed by atoms with E-state index in [1.165, 1.54) is 4.31 Å². The van der Waals surface area contributed by atoms with Crippen LogP contribution in [0.1, 0.15) is 31.4 Å². The second kappa shape index (κ2) is 9.28. The van der Waals surface area contributed by atoms with E-state index in [4.69, 9.17) is 4.74 Å². The van der Waals surface area contributed by atoms with Crippen molar-refractivity contribution in [2.75, 3.05) is 20.2 Å². The Morgan fingerprint density at radius 3 is 2.38 bits per heavy atom. The Labute approximate surface area is 180 Å². The number of sulfonamides is 1. The molecule has 6 nitrogen and oxygen atoms in total. The molecule has 0 spiro atoms. The average molecular weight is 481 g/mol. The fraction of sp³-hybridized carbons (Fsp3) is 0.381. The zero-order valence-electron chi connectivity index (χ0n) is 16.5. The summed E-state index contributed by atoms with van der Waals surface area (Å²) in [7, 11) is -1.93. The Kier molecular flexibility index (Phi) is 6.97. The number of halogens is 1. The second-order valence-electron chi connectivity index (χ2n) is 7.10. The Morgan fingerprint density at radius 1 is 1.14 bits per heavy atom. The third-order valence-corrected chi connectivity index (χ3v) is 7.68. The molecule has 29 heavy (non-hydrogen) atoms. The summed E-state index contributed by atoms with van der Waals surface area (Å²) in [5.41, 5.74) is 0.915. The highest BCUT2D eigenvalue weighted by Crippen LogP contribution is 2.27. The maximum absolute atomic E-state index is 12.8. The van der Waals surface area contributed by atoms with Crippen molar-refractivity contribution in [2.24, 2.45) is 5.92 Å². The van der Waals surface area contributed by atoms with Gasteiger partial charge >= 0.3 is 0 Å². The topological polar surface area (TPSA) is 75.7 Å². The summed E-state index contributed by atoms with van der Waals surface area (Å²) in [6, 6.07) is 14.0. The molecule has 3 rings (SSSR count). The van der Waals surface area contributed by atoms with Crippen molar-refractivity contribution >= 4 is 31.9 Å². The van der Waals surface area contributed by atoms with Crippen molar-refractivity contribution < 1.29 is 17.9 Å². The van der Waals surface area contributed by atoms with Gasteiger partial charge in [0.15, 0.2) is 0 Å². The lowest BCUT2D eigenvalue weighted by Crippen LogP contribution is -2.43. The number of rotatable bonds is 6. The number of nitrogens with one attached hydrogen (secondary N) is 1. The van der Waals surface area contributed by atoms with Crippen molar-refractivity contribution in [3.05, 3.63) is 58.6 Å². The van der Waals surface area contributed by atoms with Gasteiger partial charge in [0, 0.05) is 29.0 Å². The molecule has 1 amide bonds. The zero-order valence-corrected chi connectivity index (χ0v) is 18.9. The lowest BCUT2D eigenvalue weighted by atomic mass is 9.96. The van der Waals surface area contributed by atoms with Crippen LogP contribution in [0, 0.1) is 5.92 Å². The van der Waals surface area contributed by atoms with Gasteiger partial charge < -0.3 is 10.1 Å². The van der Waals surface area contributed by atoms with Gasteiger partial charge in [-0.2, -0.15) is 4.31 Å². The summed E-state index contributed by atoms with van der Waals surface area (Å²) in [5, 5.41) is 3.04. The van der Waals surface area contributed by atoms with Crippen LogP contribution < -0.4 is 10.1 Å². The number of para-hydroxylation sites is 1. The molecule has 2 aromatic rings. The van der Waals surface area contributed by atoms with Crippen LogP contribution in [0.2, 0.25) is 0 Å². The van der Waals surface area contributed by atoms with Gasteiger partial charge in [-0.3, -0.25) is 4.79 Å². The van der Waals surface area contributed by atoms with Gasteiger partial charge in [-0.15, -0.1) is 0 Å². The number of piperidine rings is 1. The molecule has 8 heteroatoms. The predicted octanol–water partition coefficient (Wildman–Crippen LogP) is 3.74. The molecule has 1 atom stereocenters. The maximum atomic E-state index is 12.8. The van der Waals surface area contributed by atoms with Crippen LogP contribution in [0.15, 0.2) is 57.9 Å². The highest BCUT2D eigenvalue weighted by atomic mass is 79.9. The molecule has 0 aromatic heterocycles. The first-order valence-corrected chi connectivity index (χ1v) is 11.7. The van der Waals surface area contributed by atoms with E-state index >= 15 is 0 Å². The molecular weight excluding hydrogens is 456 g/mol. The van der Waals surface area contributed by atoms with Gasteiger partial charge in [-0.25, -0.2) is 8.42 Å². The molecule has 2 aromatic carbocycles. The van der Waals surface area contributed by atoms with Gasteiger partial charge in [0.1, 0.15) is 5.75 Å². The summed E-state index contributed by atoms with van der Waals surface area (Å²) in [5.74, 6) is 0.475. The monoisotopic (exact) mass is 480 g/mol. The number of nitrogens with zero attached hydrogens (tertiary/aromatic N) is 1. The fourth-order valence-electron chi connectivity index (χ4n) is 3.55. The first kappa shape index (κ1) is 21.8. The molecular formula is C21H25BrN2O4S. The first-order chi connectivity index (χ1) is 13.8. The highest BCUT2D eigenvalue weighted by molar-refractivity contribution is 9.10. The van der Waals surface area contributed by atoms with Crippen LogP contribution >= 0.6 is 15.9 Å². The van der Waals surface area contributed by atoms with E-state index in [1.54, 1.807) is 31.4 Å². The van der Waals surface area contributed by atoms with E-state index in [-0.39, 0.29) is 22.8 Å². The lowest BCUT2D eigenvalue weighted by Gasteiger charge is -2.31. The quantitative estimate of drug-likeness (QED) is 0.682. The van der Waals surface area contributed by atoms with Gasteiger partial charge in [0.2, 0.25) is 15.9 Å². The van der Waals surface area contributed by atoms with Crippen molar-refractivity contribution in [2.45, 2.75) is 30.7 Å². The van der Waals surface area contributed by atoms with Crippen molar-refractivity contribution in [1.29, 1.82) is 0 Å². The number of carbonyl (C=O) groups excluding carboxylic acids is 1. The molecule has 0 saturated carbocycles. The summed E-state index contributed by atoms with van der Waals surface area (Å²) in [4.78, 5) is 13.0. The molecule has 0 aliphatic carbocycles. The summed E-state index contributed by atoms with van der Waals surface area (Å²) < 4.78 is 33.3. The van der Waals surface area contributed by atoms with Crippen LogP contribution in [0.3, 0.4) is 0 Å². The van der Waals surface area contributed by atoms with Crippen molar-refractivity contribution in [1.82, 2.24) is 9.62 Å². The molecule has 1 aliphatic heterocycles. The summed E-state index contributed by atoms with van der Waals surface area (Å²) >= 11 is 3.32. The SMILES string of the molecule is COc1ccccc1[C@@H](C)NC(=O)C1CCN(S(=O)(=O)c2ccc(Br)cc2)CC1. The molecule has 1 N–H and O–H groups in total. The Morgan fingerprint density at radius 2 is 1.76 bits per heavy atom. The molecule has 156 valence electrons. The van der Waals surface area contributed by atoms with E-state index in [9.17, 15) is 13.2 Å². The third-order valence-electron chi connectivity index (χ3n) is 5.24. The maximum Gasteiger partial charge on any atom is 0.243 e. The minimum Gasteiger partial charge on any atom is -0.496 e. The largest absolute Gasteiger partial charge is 0.496 e. The normalized spacial score (nSPS) is 16.9. The molecule has 0 bridgehead atoms. The molecule has 1 saturated heterocycles. The van der Waals surface area contributed by atoms with Gasteiger partial charge in [0.25, 0.3) is 0 Å². The van der Waals surface area contributed by atoms with Crippen LogP contribution in [0.4, 0.5) is 0 Å². The standard InChI is InChI=1S/C21H25BrN2O4S/c1-15(19-5-3-4-6-20(19)28-2)23-21(25)16-11-13-24(14-12-16)29(26,27)18-9-7-17(22)8-10-18/h3-10,15-16H,11-14H2,1-2H3,(H,23,25)/t15-/m1/s1. The smallest absolute Gasteiger partial charge is 0.243 e. The molecule has 0 radical (unpaired) electrons. The Balaban J connectivity index is 1.60. The van der Waals surface area contributed by atoms with E-state index in [0.29, 0.717) is 25.9 Å². The lowest BCUT2D eigenvalue weighted by molar-refractivity contribution is -0.126. The number of ether oxygens (including phenoxy) is 1. The van der Waals surface area contributed by atoms with Crippen LogP contribution in [0.25, 0.3) is 0 Å². The third kappa shape index (κ3) is 4.99. The molecule has 1 fully saturated rings. The number of methoxy groups -OCH3 is 1. The van der Waals surface area contributed by atoms with Gasteiger partial charge in [-0.1, -0.05) is 34.1 Å². The fourth-order valence-corrected chi connectivity index (χ4v) is 5.28. The van der Waals surface area contributed by atoms with Crippen LogP contribution in [-0.4, -0.2) is 38.8 Å². The second-order valence-corrected chi connectivity index (χ2v) is 9.96. The minimum absolute atomic E-state index is 0.0518. The molecule has 0 unspecified atom stereocenters.